The molecule has 5 heteroatoms. The molecule has 21 heavy (non-hydrogen) atoms. The van der Waals surface area contributed by atoms with Crippen LogP contribution < -0.4 is 16.4 Å². The molecule has 116 valence electrons. The van der Waals surface area contributed by atoms with Crippen molar-refractivity contribution in [1.29, 1.82) is 0 Å². The molecule has 0 fully saturated rings. The van der Waals surface area contributed by atoms with Gasteiger partial charge in [-0.2, -0.15) is 0 Å². The lowest BCUT2D eigenvalue weighted by Crippen LogP contribution is -2.38. The number of hydrogen-bond acceptors (Lipinski definition) is 2. The summed E-state index contributed by atoms with van der Waals surface area (Å²) < 4.78 is 0. The number of amides is 1. The van der Waals surface area contributed by atoms with Crippen molar-refractivity contribution in [1.82, 2.24) is 10.6 Å². The Kier molecular flexibility index (Phi) is 7.29. The molecule has 1 rings (SSSR count). The van der Waals surface area contributed by atoms with Gasteiger partial charge in [0.05, 0.1) is 6.54 Å². The number of nitrogens with two attached hydrogens (primary N) is 1. The standard InChI is InChI=1S/C16H26N4O/c1-4-18-16(19-10-9-12(2)3)20-11-13-5-7-14(8-6-13)15(17)21/h5-8,12H,4,9-11H2,1-3H3,(H2,17,21)(H2,18,19,20). The number of rotatable bonds is 7. The molecule has 0 aliphatic rings. The van der Waals surface area contributed by atoms with E-state index in [4.69, 9.17) is 5.73 Å². The highest BCUT2D eigenvalue weighted by atomic mass is 16.1. The third-order valence-corrected chi connectivity index (χ3v) is 3.02. The van der Waals surface area contributed by atoms with E-state index < -0.39 is 5.91 Å². The Bertz CT molecular complexity index is 466. The normalized spacial score (nSPS) is 11.5. The molecule has 0 aliphatic carbocycles. The zero-order valence-corrected chi connectivity index (χ0v) is 13.1. The quantitative estimate of drug-likeness (QED) is 0.530. The molecule has 0 atom stereocenters. The third-order valence-electron chi connectivity index (χ3n) is 3.02. The molecular formula is C16H26N4O. The first kappa shape index (κ1) is 17.0. The molecule has 0 radical (unpaired) electrons. The number of benzene rings is 1. The predicted molar refractivity (Wildman–Crippen MR) is 87.2 cm³/mol. The van der Waals surface area contributed by atoms with Crippen molar-refractivity contribution in [2.45, 2.75) is 33.7 Å². The number of carbonyl (C=O) groups is 1. The Morgan fingerprint density at radius 1 is 1.24 bits per heavy atom. The Hall–Kier alpha value is -2.04. The third kappa shape index (κ3) is 6.79. The Morgan fingerprint density at radius 3 is 2.43 bits per heavy atom. The summed E-state index contributed by atoms with van der Waals surface area (Å²) in [6, 6.07) is 7.21. The molecule has 0 spiro atoms. The van der Waals surface area contributed by atoms with E-state index in [9.17, 15) is 4.79 Å². The van der Waals surface area contributed by atoms with Crippen molar-refractivity contribution in [2.75, 3.05) is 13.1 Å². The highest BCUT2D eigenvalue weighted by molar-refractivity contribution is 5.92. The molecule has 0 saturated carbocycles. The average molecular weight is 290 g/mol. The summed E-state index contributed by atoms with van der Waals surface area (Å²) in [5.41, 5.74) is 6.78. The van der Waals surface area contributed by atoms with Gasteiger partial charge in [0.25, 0.3) is 0 Å². The summed E-state index contributed by atoms with van der Waals surface area (Å²) in [6.07, 6.45) is 1.11. The average Bonchev–Trinajstić information content (AvgIpc) is 2.44. The first-order valence-corrected chi connectivity index (χ1v) is 7.43. The van der Waals surface area contributed by atoms with Crippen LogP contribution in [0.25, 0.3) is 0 Å². The summed E-state index contributed by atoms with van der Waals surface area (Å²) in [6.45, 7) is 8.74. The number of nitrogens with one attached hydrogen (secondary N) is 2. The van der Waals surface area contributed by atoms with Crippen molar-refractivity contribution in [3.8, 4) is 0 Å². The number of nitrogens with zero attached hydrogens (tertiary/aromatic N) is 1. The van der Waals surface area contributed by atoms with E-state index in [1.807, 2.05) is 19.1 Å². The van der Waals surface area contributed by atoms with Gasteiger partial charge >= 0.3 is 0 Å². The number of guanidine groups is 1. The van der Waals surface area contributed by atoms with E-state index in [2.05, 4.69) is 29.5 Å². The van der Waals surface area contributed by atoms with Gasteiger partial charge in [-0.3, -0.25) is 4.79 Å². The van der Waals surface area contributed by atoms with Gasteiger partial charge in [-0.25, -0.2) is 4.99 Å². The van der Waals surface area contributed by atoms with Crippen LogP contribution in [-0.4, -0.2) is 25.0 Å². The van der Waals surface area contributed by atoms with Gasteiger partial charge in [0.15, 0.2) is 5.96 Å². The van der Waals surface area contributed by atoms with Crippen LogP contribution in [0.5, 0.6) is 0 Å². The fourth-order valence-corrected chi connectivity index (χ4v) is 1.77. The van der Waals surface area contributed by atoms with Crippen LogP contribution in [0.3, 0.4) is 0 Å². The molecule has 0 saturated heterocycles. The lowest BCUT2D eigenvalue weighted by molar-refractivity contribution is 0.100. The minimum Gasteiger partial charge on any atom is -0.366 e. The maximum absolute atomic E-state index is 11.0. The molecule has 4 N–H and O–H groups in total. The number of aliphatic imine (C=N–C) groups is 1. The van der Waals surface area contributed by atoms with Gasteiger partial charge < -0.3 is 16.4 Å². The van der Waals surface area contributed by atoms with Crippen molar-refractivity contribution in [2.24, 2.45) is 16.6 Å². The minimum absolute atomic E-state index is 0.409. The van der Waals surface area contributed by atoms with E-state index >= 15 is 0 Å². The number of carbonyl (C=O) groups excluding carboxylic acids is 1. The fourth-order valence-electron chi connectivity index (χ4n) is 1.77. The Balaban J connectivity index is 2.57. The van der Waals surface area contributed by atoms with Crippen molar-refractivity contribution < 1.29 is 4.79 Å². The monoisotopic (exact) mass is 290 g/mol. The first-order chi connectivity index (χ1) is 10.0. The van der Waals surface area contributed by atoms with Crippen LogP contribution >= 0.6 is 0 Å². The van der Waals surface area contributed by atoms with Crippen LogP contribution in [0.15, 0.2) is 29.3 Å². The lowest BCUT2D eigenvalue weighted by Gasteiger charge is -2.12. The van der Waals surface area contributed by atoms with Gasteiger partial charge in [0.2, 0.25) is 5.91 Å². The van der Waals surface area contributed by atoms with Crippen LogP contribution in [0.1, 0.15) is 43.1 Å². The molecular weight excluding hydrogens is 264 g/mol. The largest absolute Gasteiger partial charge is 0.366 e. The summed E-state index contributed by atoms with van der Waals surface area (Å²) >= 11 is 0. The van der Waals surface area contributed by atoms with E-state index in [-0.39, 0.29) is 0 Å². The molecule has 1 aromatic rings. The van der Waals surface area contributed by atoms with Gasteiger partial charge in [-0.15, -0.1) is 0 Å². The van der Waals surface area contributed by atoms with Crippen molar-refractivity contribution in [3.05, 3.63) is 35.4 Å². The lowest BCUT2D eigenvalue weighted by atomic mass is 10.1. The smallest absolute Gasteiger partial charge is 0.248 e. The maximum atomic E-state index is 11.0. The van der Waals surface area contributed by atoms with Crippen LogP contribution in [-0.2, 0) is 6.54 Å². The van der Waals surface area contributed by atoms with Crippen molar-refractivity contribution >= 4 is 11.9 Å². The van der Waals surface area contributed by atoms with Crippen LogP contribution in [0, 0.1) is 5.92 Å². The van der Waals surface area contributed by atoms with Gasteiger partial charge in [-0.05, 0) is 37.0 Å². The molecule has 5 nitrogen and oxygen atoms in total. The summed E-state index contributed by atoms with van der Waals surface area (Å²) in [5, 5.41) is 6.54. The second-order valence-corrected chi connectivity index (χ2v) is 5.37. The molecule has 0 bridgehead atoms. The zero-order valence-electron chi connectivity index (χ0n) is 13.1. The molecule has 0 heterocycles. The molecule has 0 aromatic heterocycles. The summed E-state index contributed by atoms with van der Waals surface area (Å²) in [5.74, 6) is 1.08. The topological polar surface area (TPSA) is 79.5 Å². The fraction of sp³-hybridized carbons (Fsp3) is 0.500. The molecule has 0 unspecified atom stereocenters. The Labute approximate surface area is 127 Å². The molecule has 1 aromatic carbocycles. The SMILES string of the molecule is CCNC(=NCc1ccc(C(N)=O)cc1)NCCC(C)C. The van der Waals surface area contributed by atoms with Crippen LogP contribution in [0.2, 0.25) is 0 Å². The summed E-state index contributed by atoms with van der Waals surface area (Å²) in [4.78, 5) is 15.5. The van der Waals surface area contributed by atoms with E-state index in [1.165, 1.54) is 0 Å². The van der Waals surface area contributed by atoms with E-state index in [1.54, 1.807) is 12.1 Å². The van der Waals surface area contributed by atoms with Gasteiger partial charge in [0.1, 0.15) is 0 Å². The van der Waals surface area contributed by atoms with Crippen LogP contribution in [0.4, 0.5) is 0 Å². The number of hydrogen-bond donors (Lipinski definition) is 3. The summed E-state index contributed by atoms with van der Waals surface area (Å²) in [7, 11) is 0. The van der Waals surface area contributed by atoms with Gasteiger partial charge in [0, 0.05) is 18.7 Å². The Morgan fingerprint density at radius 2 is 1.90 bits per heavy atom. The van der Waals surface area contributed by atoms with E-state index in [0.29, 0.717) is 18.0 Å². The van der Waals surface area contributed by atoms with Gasteiger partial charge in [-0.1, -0.05) is 26.0 Å². The number of primary amides is 1. The predicted octanol–water partition coefficient (Wildman–Crippen LogP) is 1.89. The minimum atomic E-state index is -0.409. The van der Waals surface area contributed by atoms with E-state index in [0.717, 1.165) is 31.0 Å². The second-order valence-electron chi connectivity index (χ2n) is 5.37. The highest BCUT2D eigenvalue weighted by Crippen LogP contribution is 2.05. The van der Waals surface area contributed by atoms with Crippen molar-refractivity contribution in [3.63, 3.8) is 0 Å². The zero-order chi connectivity index (χ0) is 15.7. The highest BCUT2D eigenvalue weighted by Gasteiger charge is 2.01. The maximum Gasteiger partial charge on any atom is 0.248 e. The first-order valence-electron chi connectivity index (χ1n) is 7.43. The second kappa shape index (κ2) is 9.00. The molecule has 1 amide bonds. The molecule has 0 aliphatic heterocycles.